The third kappa shape index (κ3) is 2.93. The lowest BCUT2D eigenvalue weighted by atomic mass is 9.87. The van der Waals surface area contributed by atoms with Gasteiger partial charge in [0.15, 0.2) is 0 Å². The minimum atomic E-state index is -0.558. The number of amides is 3. The molecular weight excluding hydrogens is 356 g/mol. The van der Waals surface area contributed by atoms with Crippen molar-refractivity contribution in [3.8, 4) is 0 Å². The quantitative estimate of drug-likeness (QED) is 0.652. The molecule has 1 aromatic rings. The van der Waals surface area contributed by atoms with Crippen molar-refractivity contribution in [2.75, 3.05) is 13.1 Å². The average molecular weight is 382 g/mol. The van der Waals surface area contributed by atoms with Gasteiger partial charge < -0.3 is 15.5 Å². The molecule has 28 heavy (non-hydrogen) atoms. The molecule has 7 nitrogen and oxygen atoms in total. The van der Waals surface area contributed by atoms with Gasteiger partial charge in [-0.3, -0.25) is 19.7 Å². The zero-order valence-corrected chi connectivity index (χ0v) is 15.9. The van der Waals surface area contributed by atoms with Crippen LogP contribution >= 0.6 is 0 Å². The van der Waals surface area contributed by atoms with E-state index in [2.05, 4.69) is 22.0 Å². The van der Waals surface area contributed by atoms with Crippen LogP contribution in [0.5, 0.6) is 0 Å². The molecule has 3 atom stereocenters. The number of piperidine rings is 2. The van der Waals surface area contributed by atoms with Gasteiger partial charge in [0, 0.05) is 44.2 Å². The second kappa shape index (κ2) is 6.67. The number of nitrogens with one attached hydrogen (secondary N) is 3. The molecule has 0 spiro atoms. The average Bonchev–Trinajstić information content (AvgIpc) is 3.36. The van der Waals surface area contributed by atoms with Gasteiger partial charge in [-0.1, -0.05) is 12.1 Å². The highest BCUT2D eigenvalue weighted by atomic mass is 16.2. The zero-order chi connectivity index (χ0) is 19.3. The summed E-state index contributed by atoms with van der Waals surface area (Å²) in [6, 6.07) is 5.96. The van der Waals surface area contributed by atoms with Gasteiger partial charge in [-0.2, -0.15) is 0 Å². The van der Waals surface area contributed by atoms with E-state index in [9.17, 15) is 14.4 Å². The molecule has 3 heterocycles. The SMILES string of the molecule is O=C1CCC(N2Cc3c(CNCC45CCC(C4)NC5)cccc3C2=O)C(=O)N1. The van der Waals surface area contributed by atoms with Crippen molar-refractivity contribution < 1.29 is 14.4 Å². The third-order valence-electron chi connectivity index (χ3n) is 6.96. The summed E-state index contributed by atoms with van der Waals surface area (Å²) < 4.78 is 0. The molecule has 3 aliphatic heterocycles. The largest absolute Gasteiger partial charge is 0.322 e. The molecule has 4 aliphatic rings. The summed E-state index contributed by atoms with van der Waals surface area (Å²) >= 11 is 0. The van der Waals surface area contributed by atoms with Crippen molar-refractivity contribution in [2.24, 2.45) is 5.41 Å². The summed E-state index contributed by atoms with van der Waals surface area (Å²) in [5.41, 5.74) is 3.20. The van der Waals surface area contributed by atoms with E-state index in [1.165, 1.54) is 19.3 Å². The van der Waals surface area contributed by atoms with E-state index in [-0.39, 0.29) is 24.1 Å². The Kier molecular flexibility index (Phi) is 4.25. The van der Waals surface area contributed by atoms with E-state index in [0.29, 0.717) is 30.0 Å². The number of carbonyl (C=O) groups excluding carboxylic acids is 3. The lowest BCUT2D eigenvalue weighted by molar-refractivity contribution is -0.136. The monoisotopic (exact) mass is 382 g/mol. The van der Waals surface area contributed by atoms with Gasteiger partial charge in [0.1, 0.15) is 6.04 Å². The van der Waals surface area contributed by atoms with Crippen molar-refractivity contribution >= 4 is 17.7 Å². The Balaban J connectivity index is 1.28. The van der Waals surface area contributed by atoms with Crippen molar-refractivity contribution in [1.29, 1.82) is 0 Å². The maximum absolute atomic E-state index is 12.9. The van der Waals surface area contributed by atoms with Crippen LogP contribution in [0.2, 0.25) is 0 Å². The van der Waals surface area contributed by atoms with E-state index in [0.717, 1.165) is 30.8 Å². The molecule has 7 heteroatoms. The van der Waals surface area contributed by atoms with Crippen LogP contribution in [-0.2, 0) is 22.7 Å². The maximum Gasteiger partial charge on any atom is 0.255 e. The van der Waals surface area contributed by atoms with Crippen LogP contribution in [0.1, 0.15) is 53.6 Å². The maximum atomic E-state index is 12.9. The van der Waals surface area contributed by atoms with Crippen LogP contribution in [0, 0.1) is 5.41 Å². The minimum Gasteiger partial charge on any atom is -0.322 e. The van der Waals surface area contributed by atoms with Gasteiger partial charge in [-0.05, 0) is 48.3 Å². The first-order valence-electron chi connectivity index (χ1n) is 10.2. The number of hydrogen-bond acceptors (Lipinski definition) is 5. The van der Waals surface area contributed by atoms with E-state index in [1.807, 2.05) is 12.1 Å². The Bertz CT molecular complexity index is 844. The van der Waals surface area contributed by atoms with Crippen LogP contribution < -0.4 is 16.0 Å². The predicted octanol–water partition coefficient (Wildman–Crippen LogP) is 0.679. The molecule has 1 aromatic carbocycles. The normalized spacial score (nSPS) is 31.4. The summed E-state index contributed by atoms with van der Waals surface area (Å²) in [5, 5.41) is 9.57. The minimum absolute atomic E-state index is 0.108. The molecule has 1 aliphatic carbocycles. The molecule has 3 fully saturated rings. The topological polar surface area (TPSA) is 90.5 Å². The van der Waals surface area contributed by atoms with Gasteiger partial charge in [0.05, 0.1) is 0 Å². The fourth-order valence-electron chi connectivity index (χ4n) is 5.40. The van der Waals surface area contributed by atoms with Crippen LogP contribution in [-0.4, -0.2) is 47.8 Å². The molecule has 0 aromatic heterocycles. The van der Waals surface area contributed by atoms with Gasteiger partial charge in [0.25, 0.3) is 5.91 Å². The molecule has 5 rings (SSSR count). The fourth-order valence-corrected chi connectivity index (χ4v) is 5.40. The number of carbonyl (C=O) groups is 3. The van der Waals surface area contributed by atoms with Gasteiger partial charge >= 0.3 is 0 Å². The van der Waals surface area contributed by atoms with Gasteiger partial charge in [-0.15, -0.1) is 0 Å². The van der Waals surface area contributed by atoms with E-state index in [4.69, 9.17) is 0 Å². The molecule has 2 bridgehead atoms. The molecule has 2 saturated heterocycles. The summed E-state index contributed by atoms with van der Waals surface area (Å²) in [6.07, 6.45) is 4.50. The first-order valence-corrected chi connectivity index (χ1v) is 10.2. The molecule has 148 valence electrons. The fraction of sp³-hybridized carbons (Fsp3) is 0.571. The number of imide groups is 1. The standard InChI is InChI=1S/C21H26N4O3/c26-18-5-4-17(19(27)24-18)25-10-16-13(2-1-3-15(16)20(25)28)9-22-11-21-7-6-14(8-21)23-12-21/h1-3,14,17,22-23H,4-12H2,(H,24,26,27). The summed E-state index contributed by atoms with van der Waals surface area (Å²) in [5.74, 6) is -0.727. The Morgan fingerprint density at radius 3 is 2.82 bits per heavy atom. The van der Waals surface area contributed by atoms with E-state index >= 15 is 0 Å². The molecule has 3 N–H and O–H groups in total. The highest BCUT2D eigenvalue weighted by Gasteiger charge is 2.44. The van der Waals surface area contributed by atoms with Crippen LogP contribution in [0.15, 0.2) is 18.2 Å². The summed E-state index contributed by atoms with van der Waals surface area (Å²) in [4.78, 5) is 38.2. The summed E-state index contributed by atoms with van der Waals surface area (Å²) in [7, 11) is 0. The zero-order valence-electron chi connectivity index (χ0n) is 15.9. The third-order valence-corrected chi connectivity index (χ3v) is 6.96. The van der Waals surface area contributed by atoms with Crippen LogP contribution in [0.25, 0.3) is 0 Å². The van der Waals surface area contributed by atoms with Crippen molar-refractivity contribution in [3.05, 3.63) is 34.9 Å². The van der Waals surface area contributed by atoms with Gasteiger partial charge in [0.2, 0.25) is 11.8 Å². The highest BCUT2D eigenvalue weighted by Crippen LogP contribution is 2.42. The Labute approximate surface area is 164 Å². The molecule has 3 amide bonds. The second-order valence-electron chi connectivity index (χ2n) is 8.77. The number of fused-ring (bicyclic) bond motifs is 3. The van der Waals surface area contributed by atoms with Gasteiger partial charge in [-0.25, -0.2) is 0 Å². The van der Waals surface area contributed by atoms with E-state index < -0.39 is 6.04 Å². The van der Waals surface area contributed by atoms with Crippen LogP contribution in [0.4, 0.5) is 0 Å². The Morgan fingerprint density at radius 2 is 2.11 bits per heavy atom. The van der Waals surface area contributed by atoms with E-state index in [1.54, 1.807) is 4.90 Å². The summed E-state index contributed by atoms with van der Waals surface area (Å²) in [6.45, 7) is 3.25. The Morgan fingerprint density at radius 1 is 1.21 bits per heavy atom. The Hall–Kier alpha value is -2.25. The predicted molar refractivity (Wildman–Crippen MR) is 102 cm³/mol. The first-order chi connectivity index (χ1) is 13.5. The smallest absolute Gasteiger partial charge is 0.255 e. The number of benzene rings is 1. The van der Waals surface area contributed by atoms with Crippen molar-refractivity contribution in [2.45, 2.75) is 57.3 Å². The van der Waals surface area contributed by atoms with Crippen molar-refractivity contribution in [1.82, 2.24) is 20.9 Å². The number of hydrogen-bond donors (Lipinski definition) is 3. The van der Waals surface area contributed by atoms with Crippen LogP contribution in [0.3, 0.4) is 0 Å². The highest BCUT2D eigenvalue weighted by molar-refractivity contribution is 6.05. The lowest BCUT2D eigenvalue weighted by Gasteiger charge is -2.29. The number of nitrogens with zero attached hydrogens (tertiary/aromatic N) is 1. The second-order valence-corrected chi connectivity index (χ2v) is 8.77. The lowest BCUT2D eigenvalue weighted by Crippen LogP contribution is -2.52. The molecular formula is C21H26N4O3. The van der Waals surface area contributed by atoms with Crippen molar-refractivity contribution in [3.63, 3.8) is 0 Å². The molecule has 3 unspecified atom stereocenters. The molecule has 1 saturated carbocycles. The first kappa shape index (κ1) is 17.8. The number of rotatable bonds is 5. The molecule has 0 radical (unpaired) electrons.